The van der Waals surface area contributed by atoms with Gasteiger partial charge in [-0.05, 0) is 11.6 Å². The summed E-state index contributed by atoms with van der Waals surface area (Å²) in [5.41, 5.74) is 0.792. The van der Waals surface area contributed by atoms with Gasteiger partial charge in [0.15, 0.2) is 0 Å². The van der Waals surface area contributed by atoms with Crippen molar-refractivity contribution in [1.29, 1.82) is 0 Å². The van der Waals surface area contributed by atoms with Crippen molar-refractivity contribution >= 4 is 17.6 Å². The summed E-state index contributed by atoms with van der Waals surface area (Å²) in [5, 5.41) is 8.98. The number of carboxylic acid groups (broad SMARTS) is 1. The Morgan fingerprint density at radius 2 is 2.31 bits per heavy atom. The Morgan fingerprint density at radius 3 is 2.85 bits per heavy atom. The van der Waals surface area contributed by atoms with Crippen LogP contribution in [0.4, 0.5) is 0 Å². The number of benzene rings is 1. The molecule has 0 aromatic heterocycles. The topological polar surface area (TPSA) is 46.5 Å². The van der Waals surface area contributed by atoms with E-state index < -0.39 is 5.97 Å². The zero-order valence-electron chi connectivity index (χ0n) is 7.08. The summed E-state index contributed by atoms with van der Waals surface area (Å²) in [5.74, 6) is -1.03. The summed E-state index contributed by atoms with van der Waals surface area (Å²) >= 11 is 5.82. The standard InChI is InChI=1S/C9H9ClO3/c1-13-5-6-3-2-4-7(8(6)10)9(11)12/h2-4H,5H2,1H3,(H,11,12). The van der Waals surface area contributed by atoms with Gasteiger partial charge in [0.25, 0.3) is 0 Å². The normalized spacial score (nSPS) is 10.0. The number of carbonyl (C=O) groups is 1. The lowest BCUT2D eigenvalue weighted by Gasteiger charge is -2.04. The van der Waals surface area contributed by atoms with Gasteiger partial charge in [0.1, 0.15) is 0 Å². The number of carboxylic acids is 1. The lowest BCUT2D eigenvalue weighted by molar-refractivity contribution is 0.0696. The van der Waals surface area contributed by atoms with Crippen molar-refractivity contribution in [2.75, 3.05) is 7.11 Å². The average Bonchev–Trinajstić information content (AvgIpc) is 2.08. The Bertz CT molecular complexity index is 323. The van der Waals surface area contributed by atoms with Crippen LogP contribution < -0.4 is 0 Å². The number of hydrogen-bond acceptors (Lipinski definition) is 2. The molecule has 0 aliphatic heterocycles. The van der Waals surface area contributed by atoms with Crippen LogP contribution in [0.25, 0.3) is 0 Å². The van der Waals surface area contributed by atoms with Crippen molar-refractivity contribution < 1.29 is 14.6 Å². The summed E-state index contributed by atoms with van der Waals surface area (Å²) in [6.07, 6.45) is 0. The van der Waals surface area contributed by atoms with Crippen molar-refractivity contribution in [3.8, 4) is 0 Å². The monoisotopic (exact) mass is 200 g/mol. The maximum Gasteiger partial charge on any atom is 0.337 e. The smallest absolute Gasteiger partial charge is 0.337 e. The van der Waals surface area contributed by atoms with E-state index in [0.717, 1.165) is 0 Å². The van der Waals surface area contributed by atoms with E-state index in [4.69, 9.17) is 21.4 Å². The van der Waals surface area contributed by atoms with Crippen molar-refractivity contribution in [3.05, 3.63) is 34.3 Å². The third-order valence-electron chi connectivity index (χ3n) is 1.61. The minimum Gasteiger partial charge on any atom is -0.478 e. The summed E-state index contributed by atoms with van der Waals surface area (Å²) in [4.78, 5) is 10.7. The fraction of sp³-hybridized carbons (Fsp3) is 0.222. The first-order valence-corrected chi connectivity index (χ1v) is 4.04. The first-order valence-electron chi connectivity index (χ1n) is 3.66. The zero-order chi connectivity index (χ0) is 9.84. The third kappa shape index (κ3) is 2.20. The molecule has 0 radical (unpaired) electrons. The van der Waals surface area contributed by atoms with Crippen LogP contribution >= 0.6 is 11.6 Å². The van der Waals surface area contributed by atoms with E-state index in [2.05, 4.69) is 0 Å². The van der Waals surface area contributed by atoms with Gasteiger partial charge in [0.2, 0.25) is 0 Å². The fourth-order valence-electron chi connectivity index (χ4n) is 1.01. The first kappa shape index (κ1) is 10.0. The van der Waals surface area contributed by atoms with Gasteiger partial charge in [-0.2, -0.15) is 0 Å². The highest BCUT2D eigenvalue weighted by molar-refractivity contribution is 6.34. The van der Waals surface area contributed by atoms with Crippen molar-refractivity contribution in [1.82, 2.24) is 0 Å². The van der Waals surface area contributed by atoms with Crippen LogP contribution in [-0.2, 0) is 11.3 Å². The number of halogens is 1. The van der Waals surface area contributed by atoms with Crippen LogP contribution in [0.5, 0.6) is 0 Å². The SMILES string of the molecule is COCc1cccc(C(=O)O)c1Cl. The van der Waals surface area contributed by atoms with E-state index in [-0.39, 0.29) is 10.6 Å². The van der Waals surface area contributed by atoms with Crippen LogP contribution in [0.15, 0.2) is 18.2 Å². The highest BCUT2D eigenvalue weighted by Gasteiger charge is 2.10. The third-order valence-corrected chi connectivity index (χ3v) is 2.06. The average molecular weight is 201 g/mol. The largest absolute Gasteiger partial charge is 0.478 e. The Kier molecular flexibility index (Phi) is 3.28. The molecule has 0 aliphatic carbocycles. The van der Waals surface area contributed by atoms with Crippen LogP contribution in [0.3, 0.4) is 0 Å². The van der Waals surface area contributed by atoms with E-state index in [1.165, 1.54) is 13.2 Å². The molecule has 0 saturated carbocycles. The molecule has 0 aliphatic rings. The predicted octanol–water partition coefficient (Wildman–Crippen LogP) is 2.18. The minimum absolute atomic E-state index is 0.108. The summed E-state index contributed by atoms with van der Waals surface area (Å²) in [7, 11) is 1.53. The molecule has 1 N–H and O–H groups in total. The Morgan fingerprint density at radius 1 is 1.62 bits per heavy atom. The molecular formula is C9H9ClO3. The molecule has 3 nitrogen and oxygen atoms in total. The highest BCUT2D eigenvalue weighted by Crippen LogP contribution is 2.21. The first-order chi connectivity index (χ1) is 6.16. The molecule has 1 rings (SSSR count). The van der Waals surface area contributed by atoms with Crippen molar-refractivity contribution in [2.45, 2.75) is 6.61 Å². The summed E-state index contributed by atoms with van der Waals surface area (Å²) in [6, 6.07) is 4.84. The zero-order valence-corrected chi connectivity index (χ0v) is 7.84. The number of hydrogen-bond donors (Lipinski definition) is 1. The highest BCUT2D eigenvalue weighted by atomic mass is 35.5. The second-order valence-corrected chi connectivity index (χ2v) is 2.89. The van der Waals surface area contributed by atoms with E-state index in [1.807, 2.05) is 0 Å². The second-order valence-electron chi connectivity index (χ2n) is 2.52. The molecule has 0 fully saturated rings. The number of methoxy groups -OCH3 is 1. The molecule has 0 saturated heterocycles. The number of ether oxygens (including phenoxy) is 1. The van der Waals surface area contributed by atoms with Gasteiger partial charge < -0.3 is 9.84 Å². The van der Waals surface area contributed by atoms with Gasteiger partial charge in [-0.15, -0.1) is 0 Å². The van der Waals surface area contributed by atoms with E-state index in [1.54, 1.807) is 12.1 Å². The van der Waals surface area contributed by atoms with Gasteiger partial charge in [-0.1, -0.05) is 23.7 Å². The predicted molar refractivity (Wildman–Crippen MR) is 49.1 cm³/mol. The molecule has 13 heavy (non-hydrogen) atoms. The Balaban J connectivity index is 3.10. The lowest BCUT2D eigenvalue weighted by atomic mass is 10.1. The minimum atomic E-state index is -1.03. The number of aromatic carboxylic acids is 1. The van der Waals surface area contributed by atoms with Crippen LogP contribution in [0.1, 0.15) is 15.9 Å². The maximum absolute atomic E-state index is 10.7. The lowest BCUT2D eigenvalue weighted by Crippen LogP contribution is -2.00. The molecule has 0 unspecified atom stereocenters. The van der Waals surface area contributed by atoms with Gasteiger partial charge in [0.05, 0.1) is 17.2 Å². The quantitative estimate of drug-likeness (QED) is 0.814. The van der Waals surface area contributed by atoms with Gasteiger partial charge in [0, 0.05) is 7.11 Å². The Hall–Kier alpha value is -1.06. The van der Waals surface area contributed by atoms with Gasteiger partial charge >= 0.3 is 5.97 Å². The maximum atomic E-state index is 10.7. The summed E-state index contributed by atoms with van der Waals surface area (Å²) in [6.45, 7) is 0.319. The molecule has 1 aromatic rings. The molecule has 0 spiro atoms. The second kappa shape index (κ2) is 4.25. The molecule has 4 heteroatoms. The molecule has 0 atom stereocenters. The van der Waals surface area contributed by atoms with E-state index >= 15 is 0 Å². The van der Waals surface area contributed by atoms with Gasteiger partial charge in [-0.3, -0.25) is 0 Å². The molecule has 0 bridgehead atoms. The molecule has 0 heterocycles. The number of rotatable bonds is 3. The molecule has 70 valence electrons. The van der Waals surface area contributed by atoms with Gasteiger partial charge in [-0.25, -0.2) is 4.79 Å². The molecule has 1 aromatic carbocycles. The Labute approximate surface area is 80.9 Å². The van der Waals surface area contributed by atoms with Crippen LogP contribution in [-0.4, -0.2) is 18.2 Å². The molecular weight excluding hydrogens is 192 g/mol. The van der Waals surface area contributed by atoms with Crippen LogP contribution in [0, 0.1) is 0 Å². The van der Waals surface area contributed by atoms with Crippen molar-refractivity contribution in [3.63, 3.8) is 0 Å². The van der Waals surface area contributed by atoms with E-state index in [0.29, 0.717) is 12.2 Å². The van der Waals surface area contributed by atoms with Crippen LogP contribution in [0.2, 0.25) is 5.02 Å². The van der Waals surface area contributed by atoms with Crippen molar-refractivity contribution in [2.24, 2.45) is 0 Å². The summed E-state index contributed by atoms with van der Waals surface area (Å²) < 4.78 is 4.87. The van der Waals surface area contributed by atoms with E-state index in [9.17, 15) is 4.79 Å². The fourth-order valence-corrected chi connectivity index (χ4v) is 1.27. The molecule has 0 amide bonds.